The van der Waals surface area contributed by atoms with Gasteiger partial charge in [-0.05, 0) is 78.3 Å². The number of fused-ring (bicyclic) bond motifs is 9. The lowest BCUT2D eigenvalue weighted by Crippen LogP contribution is -2.42. The molecular weight excluding hydrogens is 648 g/mol. The summed E-state index contributed by atoms with van der Waals surface area (Å²) < 4.78 is 18.9. The molecule has 2 saturated carbocycles. The van der Waals surface area contributed by atoms with Crippen LogP contribution < -0.4 is 19.8 Å². The number of nitrogens with one attached hydrogen (secondary N) is 2. The Kier molecular flexibility index (Phi) is 7.02. The number of aromatic amines is 1. The van der Waals surface area contributed by atoms with Crippen LogP contribution in [0.5, 0.6) is 5.75 Å². The Morgan fingerprint density at radius 2 is 1.66 bits per heavy atom. The number of nitrogens with zero attached hydrogens (tertiary/aromatic N) is 2. The summed E-state index contributed by atoms with van der Waals surface area (Å²) in [7, 11) is 0. The summed E-state index contributed by atoms with van der Waals surface area (Å²) in [6.45, 7) is -0.251. The third-order valence-electron chi connectivity index (χ3n) is 9.78. The minimum atomic E-state index is -0.525. The third-order valence-corrected chi connectivity index (χ3v) is 12.4. The number of nitro benzene ring substituents is 1. The first-order chi connectivity index (χ1) is 22.7. The van der Waals surface area contributed by atoms with E-state index in [1.54, 1.807) is 23.9 Å². The fraction of sp³-hybridized carbons (Fsp3) is 0.273. The van der Waals surface area contributed by atoms with E-state index in [-0.39, 0.29) is 57.9 Å². The van der Waals surface area contributed by atoms with E-state index >= 15 is 0 Å². The molecule has 11 nitrogen and oxygen atoms in total. The number of H-pyrrole nitrogens is 1. The molecule has 14 heteroatoms. The number of imide groups is 1. The Bertz CT molecular complexity index is 2000. The Balaban J connectivity index is 1.05. The fourth-order valence-electron chi connectivity index (χ4n) is 8.02. The lowest BCUT2D eigenvalue weighted by molar-refractivity contribution is -0.384. The number of amides is 3. The molecule has 238 valence electrons. The molecule has 2 aliphatic heterocycles. The first kappa shape index (κ1) is 29.6. The molecule has 2 bridgehead atoms. The number of aromatic nitrogens is 1. The summed E-state index contributed by atoms with van der Waals surface area (Å²) in [6.07, 6.45) is 0.725. The van der Waals surface area contributed by atoms with Crippen LogP contribution in [0, 0.1) is 45.5 Å². The summed E-state index contributed by atoms with van der Waals surface area (Å²) in [5.41, 5.74) is 1.60. The summed E-state index contributed by atoms with van der Waals surface area (Å²) in [6, 6.07) is 18.3. The molecule has 3 fully saturated rings. The van der Waals surface area contributed by atoms with E-state index in [0.29, 0.717) is 17.1 Å². The highest BCUT2D eigenvalue weighted by molar-refractivity contribution is 8.00. The van der Waals surface area contributed by atoms with Gasteiger partial charge < -0.3 is 15.0 Å². The first-order valence-electron chi connectivity index (χ1n) is 15.0. The molecule has 1 aromatic heterocycles. The highest BCUT2D eigenvalue weighted by atomic mass is 32.2. The zero-order valence-electron chi connectivity index (χ0n) is 24.3. The van der Waals surface area contributed by atoms with Gasteiger partial charge in [0.15, 0.2) is 6.61 Å². The van der Waals surface area contributed by atoms with Crippen molar-refractivity contribution in [1.82, 2.24) is 4.98 Å². The van der Waals surface area contributed by atoms with E-state index in [0.717, 1.165) is 33.2 Å². The van der Waals surface area contributed by atoms with Crippen molar-refractivity contribution in [2.45, 2.75) is 22.6 Å². The number of carbonyl (C=O) groups excluding carboxylic acids is 3. The topological polar surface area (TPSA) is 152 Å². The highest BCUT2D eigenvalue weighted by Gasteiger charge is 2.69. The standard InChI is InChI=1S/C33H25FN4O7S2/c34-16-3-5-17(6-4-16)35-23(39)14-45-20-11-1-15(2-12-20)24-25-21-13-22(28(25)46-30-29(24)47-33(42)36-30)27-26(21)31(40)37(32(27)41)18-7-9-19(10-8-18)38(43)44/h1-12,21-22,24-28H,13-14H2,(H,35,39)(H,36,42)/t21-,22-,24-,25?,26?,27?,28?/m1/s1. The molecule has 3 heterocycles. The van der Waals surface area contributed by atoms with Crippen LogP contribution in [-0.4, -0.2) is 39.5 Å². The van der Waals surface area contributed by atoms with Crippen molar-refractivity contribution < 1.29 is 28.4 Å². The molecule has 1 saturated heterocycles. The number of hydrogen-bond donors (Lipinski definition) is 2. The molecule has 7 atom stereocenters. The number of hydrogen-bond acceptors (Lipinski definition) is 9. The molecule has 47 heavy (non-hydrogen) atoms. The molecule has 3 amide bonds. The van der Waals surface area contributed by atoms with Gasteiger partial charge in [-0.3, -0.25) is 34.2 Å². The number of nitro groups is 1. The first-order valence-corrected chi connectivity index (χ1v) is 16.7. The zero-order chi connectivity index (χ0) is 32.6. The van der Waals surface area contributed by atoms with E-state index in [9.17, 15) is 33.7 Å². The van der Waals surface area contributed by atoms with Crippen LogP contribution >= 0.6 is 23.1 Å². The highest BCUT2D eigenvalue weighted by Crippen LogP contribution is 2.68. The summed E-state index contributed by atoms with van der Waals surface area (Å²) in [5, 5.41) is 14.6. The largest absolute Gasteiger partial charge is 0.484 e. The average Bonchev–Trinajstić information content (AvgIpc) is 3.80. The Morgan fingerprint density at radius 1 is 0.979 bits per heavy atom. The van der Waals surface area contributed by atoms with Gasteiger partial charge >= 0.3 is 4.87 Å². The van der Waals surface area contributed by atoms with Crippen LogP contribution in [0.15, 0.2) is 82.6 Å². The second-order valence-corrected chi connectivity index (χ2v) is 14.4. The molecule has 0 radical (unpaired) electrons. The second-order valence-electron chi connectivity index (χ2n) is 12.2. The normalized spacial score (nSPS) is 26.9. The van der Waals surface area contributed by atoms with Crippen molar-refractivity contribution in [3.63, 3.8) is 0 Å². The van der Waals surface area contributed by atoms with Gasteiger partial charge in [0.2, 0.25) is 11.8 Å². The Morgan fingerprint density at radius 3 is 2.34 bits per heavy atom. The van der Waals surface area contributed by atoms with Gasteiger partial charge in [0.05, 0.1) is 27.5 Å². The predicted molar refractivity (Wildman–Crippen MR) is 171 cm³/mol. The van der Waals surface area contributed by atoms with Crippen LogP contribution in [0.3, 0.4) is 0 Å². The molecule has 8 rings (SSSR count). The quantitative estimate of drug-likeness (QED) is 0.155. The number of halogens is 1. The predicted octanol–water partition coefficient (Wildman–Crippen LogP) is 5.18. The number of rotatable bonds is 7. The van der Waals surface area contributed by atoms with Gasteiger partial charge in [-0.1, -0.05) is 23.5 Å². The number of benzene rings is 3. The van der Waals surface area contributed by atoms with Crippen LogP contribution in [0.1, 0.15) is 22.8 Å². The van der Waals surface area contributed by atoms with Crippen molar-refractivity contribution in [2.24, 2.45) is 29.6 Å². The van der Waals surface area contributed by atoms with E-state index < -0.39 is 28.5 Å². The fourth-order valence-corrected chi connectivity index (χ4v) is 10.9. The summed E-state index contributed by atoms with van der Waals surface area (Å²) >= 11 is 2.75. The molecule has 2 N–H and O–H groups in total. The SMILES string of the molecule is O=C(COc1ccc([C@H]2c3sc(=O)[nH]c3SC3C2[C@H]2C[C@@H]3C3C(=O)N(c4ccc([N+](=O)[O-])cc4)C(=O)C32)cc1)Nc1ccc(F)cc1. The van der Waals surface area contributed by atoms with Gasteiger partial charge in [-0.2, -0.15) is 0 Å². The summed E-state index contributed by atoms with van der Waals surface area (Å²) in [5.74, 6) is -2.24. The Labute approximate surface area is 274 Å². The summed E-state index contributed by atoms with van der Waals surface area (Å²) in [4.78, 5) is 68.2. The monoisotopic (exact) mass is 672 g/mol. The molecule has 2 aliphatic carbocycles. The van der Waals surface area contributed by atoms with E-state index in [1.165, 1.54) is 53.4 Å². The number of ether oxygens (including phenoxy) is 1. The second kappa shape index (κ2) is 11.2. The average molecular weight is 673 g/mol. The Hall–Kier alpha value is -4.82. The number of non-ortho nitro benzene ring substituents is 1. The van der Waals surface area contributed by atoms with Gasteiger partial charge in [0.25, 0.3) is 11.6 Å². The molecular formula is C33H25FN4O7S2. The van der Waals surface area contributed by atoms with Crippen LogP contribution in [-0.2, 0) is 14.4 Å². The van der Waals surface area contributed by atoms with Gasteiger partial charge in [0, 0.05) is 33.9 Å². The lowest BCUT2D eigenvalue weighted by atomic mass is 9.68. The van der Waals surface area contributed by atoms with Crippen molar-refractivity contribution in [2.75, 3.05) is 16.8 Å². The van der Waals surface area contributed by atoms with E-state index in [2.05, 4.69) is 10.3 Å². The smallest absolute Gasteiger partial charge is 0.305 e. The van der Waals surface area contributed by atoms with Crippen molar-refractivity contribution in [1.29, 1.82) is 0 Å². The van der Waals surface area contributed by atoms with Gasteiger partial charge in [-0.15, -0.1) is 11.8 Å². The zero-order valence-corrected chi connectivity index (χ0v) is 26.0. The number of thioether (sulfide) groups is 1. The lowest BCUT2D eigenvalue weighted by Gasteiger charge is -2.43. The molecule has 4 aromatic rings. The van der Waals surface area contributed by atoms with Gasteiger partial charge in [0.1, 0.15) is 11.6 Å². The van der Waals surface area contributed by atoms with Crippen molar-refractivity contribution in [3.8, 4) is 5.75 Å². The number of thiazole rings is 1. The van der Waals surface area contributed by atoms with Crippen molar-refractivity contribution in [3.05, 3.63) is 109 Å². The van der Waals surface area contributed by atoms with Crippen LogP contribution in [0.4, 0.5) is 21.5 Å². The molecule has 4 aliphatic rings. The molecule has 0 spiro atoms. The maximum Gasteiger partial charge on any atom is 0.305 e. The number of carbonyl (C=O) groups is 3. The maximum absolute atomic E-state index is 13.9. The van der Waals surface area contributed by atoms with E-state index in [1.807, 2.05) is 12.1 Å². The molecule has 4 unspecified atom stereocenters. The maximum atomic E-state index is 13.9. The number of anilines is 2. The van der Waals surface area contributed by atoms with Gasteiger partial charge in [-0.25, -0.2) is 4.39 Å². The van der Waals surface area contributed by atoms with E-state index in [4.69, 9.17) is 4.74 Å². The minimum absolute atomic E-state index is 0.00337. The third kappa shape index (κ3) is 4.85. The van der Waals surface area contributed by atoms with Crippen LogP contribution in [0.25, 0.3) is 0 Å². The molecule has 3 aromatic carbocycles. The van der Waals surface area contributed by atoms with Crippen molar-refractivity contribution >= 4 is 57.9 Å². The minimum Gasteiger partial charge on any atom is -0.484 e. The van der Waals surface area contributed by atoms with Crippen LogP contribution in [0.2, 0.25) is 0 Å².